The zero-order valence-corrected chi connectivity index (χ0v) is 14.7. The van der Waals surface area contributed by atoms with E-state index < -0.39 is 29.7 Å². The van der Waals surface area contributed by atoms with Crippen molar-refractivity contribution in [3.05, 3.63) is 52.5 Å². The van der Waals surface area contributed by atoms with E-state index in [4.69, 9.17) is 9.15 Å². The van der Waals surface area contributed by atoms with Crippen LogP contribution >= 0.6 is 0 Å². The van der Waals surface area contributed by atoms with Crippen LogP contribution in [0.25, 0.3) is 0 Å². The first-order chi connectivity index (χ1) is 12.0. The molecule has 0 fully saturated rings. The SMILES string of the molecule is Cc1oc(C)c(C(=O)OC(C)C(=O)Nc2ccc(C(F)(F)F)cc2)c1C. The summed E-state index contributed by atoms with van der Waals surface area (Å²) in [6.45, 7) is 6.40. The molecule has 0 aliphatic rings. The minimum Gasteiger partial charge on any atom is -0.465 e. The van der Waals surface area contributed by atoms with Crippen LogP contribution in [-0.2, 0) is 15.7 Å². The van der Waals surface area contributed by atoms with Crippen LogP contribution in [0.15, 0.2) is 28.7 Å². The Morgan fingerprint density at radius 3 is 2.12 bits per heavy atom. The highest BCUT2D eigenvalue weighted by Crippen LogP contribution is 2.30. The maximum Gasteiger partial charge on any atom is 0.416 e. The van der Waals surface area contributed by atoms with Gasteiger partial charge in [-0.25, -0.2) is 4.79 Å². The van der Waals surface area contributed by atoms with Crippen LogP contribution in [0, 0.1) is 20.8 Å². The lowest BCUT2D eigenvalue weighted by atomic mass is 10.1. The van der Waals surface area contributed by atoms with E-state index in [0.717, 1.165) is 24.3 Å². The Labute approximate surface area is 148 Å². The molecule has 2 rings (SSSR count). The molecule has 0 radical (unpaired) electrons. The first kappa shape index (κ1) is 19.6. The smallest absolute Gasteiger partial charge is 0.416 e. The fourth-order valence-electron chi connectivity index (χ4n) is 2.35. The molecule has 1 heterocycles. The number of benzene rings is 1. The second-order valence-electron chi connectivity index (χ2n) is 5.83. The predicted molar refractivity (Wildman–Crippen MR) is 87.9 cm³/mol. The van der Waals surface area contributed by atoms with E-state index in [9.17, 15) is 22.8 Å². The third-order valence-electron chi connectivity index (χ3n) is 3.90. The molecule has 0 saturated heterocycles. The Kier molecular flexibility index (Phi) is 5.44. The first-order valence-electron chi connectivity index (χ1n) is 7.76. The Morgan fingerprint density at radius 1 is 1.08 bits per heavy atom. The van der Waals surface area contributed by atoms with E-state index in [1.807, 2.05) is 0 Å². The highest BCUT2D eigenvalue weighted by atomic mass is 19.4. The largest absolute Gasteiger partial charge is 0.465 e. The van der Waals surface area contributed by atoms with Crippen molar-refractivity contribution >= 4 is 17.6 Å². The van der Waals surface area contributed by atoms with Crippen molar-refractivity contribution in [3.63, 3.8) is 0 Å². The normalized spacial score (nSPS) is 12.6. The number of carbonyl (C=O) groups is 2. The molecular weight excluding hydrogens is 351 g/mol. The summed E-state index contributed by atoms with van der Waals surface area (Å²) in [5.74, 6) is -0.391. The van der Waals surface area contributed by atoms with Gasteiger partial charge in [-0.2, -0.15) is 13.2 Å². The molecule has 0 aliphatic carbocycles. The molecular formula is C18H18F3NO4. The number of hydrogen-bond acceptors (Lipinski definition) is 4. The van der Waals surface area contributed by atoms with E-state index in [0.29, 0.717) is 17.1 Å². The van der Waals surface area contributed by atoms with Gasteiger partial charge < -0.3 is 14.5 Å². The quantitative estimate of drug-likeness (QED) is 0.811. The lowest BCUT2D eigenvalue weighted by molar-refractivity contribution is -0.137. The molecule has 1 aromatic carbocycles. The lowest BCUT2D eigenvalue weighted by Gasteiger charge is -2.14. The number of esters is 1. The molecule has 26 heavy (non-hydrogen) atoms. The highest BCUT2D eigenvalue weighted by molar-refractivity contribution is 5.98. The summed E-state index contributed by atoms with van der Waals surface area (Å²) in [5.41, 5.74) is 0.230. The van der Waals surface area contributed by atoms with Crippen molar-refractivity contribution < 1.29 is 31.9 Å². The number of rotatable bonds is 4. The monoisotopic (exact) mass is 369 g/mol. The van der Waals surface area contributed by atoms with Gasteiger partial charge in [0.15, 0.2) is 6.10 Å². The van der Waals surface area contributed by atoms with Crippen molar-refractivity contribution in [2.24, 2.45) is 0 Å². The number of ether oxygens (including phenoxy) is 1. The second-order valence-corrected chi connectivity index (χ2v) is 5.83. The number of carbonyl (C=O) groups excluding carboxylic acids is 2. The average Bonchev–Trinajstić information content (AvgIpc) is 2.79. The number of halogens is 3. The van der Waals surface area contributed by atoms with Crippen LogP contribution in [0.1, 0.15) is 39.9 Å². The third kappa shape index (κ3) is 4.25. The Hall–Kier alpha value is -2.77. The molecule has 1 atom stereocenters. The molecule has 1 aromatic heterocycles. The van der Waals surface area contributed by atoms with Crippen LogP contribution < -0.4 is 5.32 Å². The van der Waals surface area contributed by atoms with Crippen molar-refractivity contribution in [1.29, 1.82) is 0 Å². The number of aryl methyl sites for hydroxylation is 2. The summed E-state index contributed by atoms with van der Waals surface area (Å²) < 4.78 is 48.1. The van der Waals surface area contributed by atoms with Gasteiger partial charge in [0.25, 0.3) is 5.91 Å². The molecule has 1 unspecified atom stereocenters. The van der Waals surface area contributed by atoms with Gasteiger partial charge in [0.2, 0.25) is 0 Å². The van der Waals surface area contributed by atoms with Gasteiger partial charge in [-0.1, -0.05) is 0 Å². The minimum atomic E-state index is -4.45. The number of anilines is 1. The summed E-state index contributed by atoms with van der Waals surface area (Å²) in [6, 6.07) is 3.96. The predicted octanol–water partition coefficient (Wildman–Crippen LogP) is 4.41. The highest BCUT2D eigenvalue weighted by Gasteiger charge is 2.30. The number of furan rings is 1. The fourth-order valence-corrected chi connectivity index (χ4v) is 2.35. The Bertz CT molecular complexity index is 822. The number of nitrogens with one attached hydrogen (secondary N) is 1. The Balaban J connectivity index is 2.02. The molecule has 0 aliphatic heterocycles. The summed E-state index contributed by atoms with van der Waals surface area (Å²) >= 11 is 0. The maximum absolute atomic E-state index is 12.5. The molecule has 0 spiro atoms. The molecule has 1 amide bonds. The van der Waals surface area contributed by atoms with Crippen molar-refractivity contribution in [2.75, 3.05) is 5.32 Å². The van der Waals surface area contributed by atoms with Gasteiger partial charge in [-0.05, 0) is 52.0 Å². The fraction of sp³-hybridized carbons (Fsp3) is 0.333. The van der Waals surface area contributed by atoms with Crippen LogP contribution in [-0.4, -0.2) is 18.0 Å². The van der Waals surface area contributed by atoms with Crippen LogP contribution in [0.3, 0.4) is 0 Å². The van der Waals surface area contributed by atoms with E-state index in [2.05, 4.69) is 5.32 Å². The van der Waals surface area contributed by atoms with E-state index in [-0.39, 0.29) is 11.3 Å². The number of alkyl halides is 3. The molecule has 0 bridgehead atoms. The zero-order valence-electron chi connectivity index (χ0n) is 14.7. The first-order valence-corrected chi connectivity index (χ1v) is 7.76. The Morgan fingerprint density at radius 2 is 1.65 bits per heavy atom. The number of hydrogen-bond donors (Lipinski definition) is 1. The summed E-state index contributed by atoms with van der Waals surface area (Å²) in [6.07, 6.45) is -5.59. The minimum absolute atomic E-state index is 0.164. The summed E-state index contributed by atoms with van der Waals surface area (Å²) in [4.78, 5) is 24.3. The average molecular weight is 369 g/mol. The molecule has 0 saturated carbocycles. The maximum atomic E-state index is 12.5. The van der Waals surface area contributed by atoms with Crippen LogP contribution in [0.2, 0.25) is 0 Å². The van der Waals surface area contributed by atoms with Crippen molar-refractivity contribution in [1.82, 2.24) is 0 Å². The van der Waals surface area contributed by atoms with Crippen LogP contribution in [0.4, 0.5) is 18.9 Å². The van der Waals surface area contributed by atoms with Gasteiger partial charge >= 0.3 is 12.1 Å². The number of amides is 1. The van der Waals surface area contributed by atoms with Crippen molar-refractivity contribution in [2.45, 2.75) is 40.0 Å². The van der Waals surface area contributed by atoms with Crippen molar-refractivity contribution in [3.8, 4) is 0 Å². The topological polar surface area (TPSA) is 68.5 Å². The second kappa shape index (κ2) is 7.23. The molecule has 2 aromatic rings. The van der Waals surface area contributed by atoms with E-state index in [1.54, 1.807) is 20.8 Å². The summed E-state index contributed by atoms with van der Waals surface area (Å²) in [7, 11) is 0. The lowest BCUT2D eigenvalue weighted by Crippen LogP contribution is -2.30. The summed E-state index contributed by atoms with van der Waals surface area (Å²) in [5, 5.41) is 2.40. The molecule has 1 N–H and O–H groups in total. The van der Waals surface area contributed by atoms with Gasteiger partial charge in [0.05, 0.1) is 5.56 Å². The van der Waals surface area contributed by atoms with Gasteiger partial charge in [-0.3, -0.25) is 4.79 Å². The van der Waals surface area contributed by atoms with Crippen LogP contribution in [0.5, 0.6) is 0 Å². The van der Waals surface area contributed by atoms with Gasteiger partial charge in [-0.15, -0.1) is 0 Å². The standard InChI is InChI=1S/C18H18F3NO4/c1-9-10(2)25-11(3)15(9)17(24)26-12(4)16(23)22-14-7-5-13(6-8-14)18(19,20)21/h5-8,12H,1-4H3,(H,22,23). The van der Waals surface area contributed by atoms with Gasteiger partial charge in [0, 0.05) is 11.3 Å². The van der Waals surface area contributed by atoms with Gasteiger partial charge in [0.1, 0.15) is 17.1 Å². The molecule has 140 valence electrons. The molecule has 8 heteroatoms. The van der Waals surface area contributed by atoms with E-state index in [1.165, 1.54) is 6.92 Å². The molecule has 5 nitrogen and oxygen atoms in total. The third-order valence-corrected chi connectivity index (χ3v) is 3.90. The zero-order chi connectivity index (χ0) is 19.6. The van der Waals surface area contributed by atoms with E-state index >= 15 is 0 Å².